The first-order chi connectivity index (χ1) is 15.5. The topological polar surface area (TPSA) is 86.8 Å². The van der Waals surface area contributed by atoms with Crippen molar-refractivity contribution in [3.05, 3.63) is 71.3 Å². The molecule has 1 N–H and O–H groups in total. The second-order valence-corrected chi connectivity index (χ2v) is 8.50. The van der Waals surface area contributed by atoms with Crippen LogP contribution in [-0.4, -0.2) is 39.8 Å². The van der Waals surface area contributed by atoms with E-state index in [0.29, 0.717) is 17.3 Å². The van der Waals surface area contributed by atoms with Crippen molar-refractivity contribution < 1.29 is 4.79 Å². The molecular weight excluding hydrogens is 400 g/mol. The SMILES string of the molecule is Cc1nc(C(=O)NC2CCN(c3ccc(C#N)cc3)CC2)nn1-c1ccccc1C(C)C. The number of nitrogens with one attached hydrogen (secondary N) is 1. The van der Waals surface area contributed by atoms with Crippen LogP contribution in [0.5, 0.6) is 0 Å². The molecule has 0 atom stereocenters. The lowest BCUT2D eigenvalue weighted by Gasteiger charge is -2.33. The van der Waals surface area contributed by atoms with E-state index in [0.717, 1.165) is 37.3 Å². The monoisotopic (exact) mass is 428 g/mol. The smallest absolute Gasteiger partial charge is 0.291 e. The number of piperidine rings is 1. The highest BCUT2D eigenvalue weighted by Crippen LogP contribution is 2.24. The van der Waals surface area contributed by atoms with Gasteiger partial charge >= 0.3 is 0 Å². The van der Waals surface area contributed by atoms with Crippen molar-refractivity contribution in [1.29, 1.82) is 5.26 Å². The van der Waals surface area contributed by atoms with Crippen LogP contribution in [0.25, 0.3) is 5.69 Å². The Morgan fingerprint density at radius 2 is 1.81 bits per heavy atom. The van der Waals surface area contributed by atoms with Gasteiger partial charge in [-0.1, -0.05) is 32.0 Å². The maximum atomic E-state index is 12.9. The number of benzene rings is 2. The summed E-state index contributed by atoms with van der Waals surface area (Å²) in [6.07, 6.45) is 1.70. The van der Waals surface area contributed by atoms with Crippen LogP contribution in [0.3, 0.4) is 0 Å². The Hall–Kier alpha value is -3.66. The fraction of sp³-hybridized carbons (Fsp3) is 0.360. The number of nitriles is 1. The van der Waals surface area contributed by atoms with E-state index in [4.69, 9.17) is 5.26 Å². The van der Waals surface area contributed by atoms with E-state index < -0.39 is 0 Å². The van der Waals surface area contributed by atoms with Crippen LogP contribution in [0.4, 0.5) is 5.69 Å². The summed E-state index contributed by atoms with van der Waals surface area (Å²) < 4.78 is 1.76. The number of carbonyl (C=O) groups is 1. The van der Waals surface area contributed by atoms with E-state index in [1.807, 2.05) is 49.4 Å². The quantitative estimate of drug-likeness (QED) is 0.664. The second-order valence-electron chi connectivity index (χ2n) is 8.50. The van der Waals surface area contributed by atoms with Crippen LogP contribution in [0.15, 0.2) is 48.5 Å². The summed E-state index contributed by atoms with van der Waals surface area (Å²) in [5.41, 5.74) is 3.90. The minimum Gasteiger partial charge on any atom is -0.371 e. The average Bonchev–Trinajstić information content (AvgIpc) is 3.21. The molecule has 4 rings (SSSR count). The molecule has 1 aliphatic rings. The third-order valence-corrected chi connectivity index (χ3v) is 5.95. The number of anilines is 1. The number of amides is 1. The first-order valence-electron chi connectivity index (χ1n) is 11.0. The van der Waals surface area contributed by atoms with Crippen molar-refractivity contribution in [1.82, 2.24) is 20.1 Å². The highest BCUT2D eigenvalue weighted by Gasteiger charge is 2.24. The van der Waals surface area contributed by atoms with Gasteiger partial charge in [0.25, 0.3) is 5.91 Å². The average molecular weight is 429 g/mol. The summed E-state index contributed by atoms with van der Waals surface area (Å²) in [5.74, 6) is 1.01. The van der Waals surface area contributed by atoms with E-state index in [1.165, 1.54) is 5.56 Å². The zero-order chi connectivity index (χ0) is 22.7. The first-order valence-corrected chi connectivity index (χ1v) is 11.0. The molecule has 7 nitrogen and oxygen atoms in total. The van der Waals surface area contributed by atoms with Crippen molar-refractivity contribution in [2.24, 2.45) is 0 Å². The molecule has 0 aliphatic carbocycles. The predicted octanol–water partition coefficient (Wildman–Crippen LogP) is 3.97. The van der Waals surface area contributed by atoms with Crippen molar-refractivity contribution in [2.75, 3.05) is 18.0 Å². The maximum absolute atomic E-state index is 12.9. The molecule has 1 aliphatic heterocycles. The fourth-order valence-corrected chi connectivity index (χ4v) is 4.16. The molecule has 3 aromatic rings. The number of para-hydroxylation sites is 1. The molecule has 1 fully saturated rings. The van der Waals surface area contributed by atoms with Gasteiger partial charge in [-0.3, -0.25) is 4.79 Å². The summed E-state index contributed by atoms with van der Waals surface area (Å²) in [6.45, 7) is 7.85. The van der Waals surface area contributed by atoms with E-state index in [1.54, 1.807) is 4.68 Å². The van der Waals surface area contributed by atoms with Crippen molar-refractivity contribution in [3.8, 4) is 11.8 Å². The third-order valence-electron chi connectivity index (χ3n) is 5.95. The largest absolute Gasteiger partial charge is 0.371 e. The number of nitrogens with zero attached hydrogens (tertiary/aromatic N) is 5. The van der Waals surface area contributed by atoms with Crippen LogP contribution < -0.4 is 10.2 Å². The molecule has 32 heavy (non-hydrogen) atoms. The molecule has 2 heterocycles. The fourth-order valence-electron chi connectivity index (χ4n) is 4.16. The molecule has 1 saturated heterocycles. The van der Waals surface area contributed by atoms with Crippen LogP contribution in [0, 0.1) is 18.3 Å². The van der Waals surface area contributed by atoms with Gasteiger partial charge in [0.1, 0.15) is 5.82 Å². The van der Waals surface area contributed by atoms with E-state index in [-0.39, 0.29) is 17.8 Å². The van der Waals surface area contributed by atoms with Gasteiger partial charge in [0.2, 0.25) is 5.82 Å². The highest BCUT2D eigenvalue weighted by molar-refractivity contribution is 5.90. The number of carbonyl (C=O) groups excluding carboxylic acids is 1. The Bertz CT molecular complexity index is 1130. The molecule has 0 unspecified atom stereocenters. The van der Waals surface area contributed by atoms with Crippen molar-refractivity contribution >= 4 is 11.6 Å². The predicted molar refractivity (Wildman–Crippen MR) is 124 cm³/mol. The number of aromatic nitrogens is 3. The molecule has 0 spiro atoms. The van der Waals surface area contributed by atoms with Crippen molar-refractivity contribution in [2.45, 2.75) is 45.6 Å². The highest BCUT2D eigenvalue weighted by atomic mass is 16.2. The molecule has 2 aromatic carbocycles. The van der Waals surface area contributed by atoms with Gasteiger partial charge in [-0.25, -0.2) is 9.67 Å². The van der Waals surface area contributed by atoms with Gasteiger partial charge in [-0.05, 0) is 61.6 Å². The number of hydrogen-bond acceptors (Lipinski definition) is 5. The van der Waals surface area contributed by atoms with E-state index in [2.05, 4.69) is 46.3 Å². The van der Waals surface area contributed by atoms with Crippen LogP contribution >= 0.6 is 0 Å². The Morgan fingerprint density at radius 3 is 2.47 bits per heavy atom. The van der Waals surface area contributed by atoms with Crippen LogP contribution in [0.2, 0.25) is 0 Å². The second kappa shape index (κ2) is 9.23. The van der Waals surface area contributed by atoms with Gasteiger partial charge in [0.15, 0.2) is 0 Å². The lowest BCUT2D eigenvalue weighted by atomic mass is 10.0. The van der Waals surface area contributed by atoms with Gasteiger partial charge in [0.05, 0.1) is 17.3 Å². The molecular formula is C25H28N6O. The van der Waals surface area contributed by atoms with E-state index in [9.17, 15) is 4.79 Å². The lowest BCUT2D eigenvalue weighted by molar-refractivity contribution is 0.0920. The van der Waals surface area contributed by atoms with Crippen LogP contribution in [0.1, 0.15) is 60.2 Å². The standard InChI is InChI=1S/C25H28N6O/c1-17(2)22-6-4-5-7-23(22)31-18(3)27-24(29-31)25(32)28-20-12-14-30(15-13-20)21-10-8-19(16-26)9-11-21/h4-11,17,20H,12-15H2,1-3H3,(H,28,32). The zero-order valence-corrected chi connectivity index (χ0v) is 18.7. The summed E-state index contributed by atoms with van der Waals surface area (Å²) in [6, 6.07) is 18.0. The Balaban J connectivity index is 1.40. The first kappa shape index (κ1) is 21.6. The van der Waals surface area contributed by atoms with Crippen molar-refractivity contribution in [3.63, 3.8) is 0 Å². The summed E-state index contributed by atoms with van der Waals surface area (Å²) >= 11 is 0. The normalized spacial score (nSPS) is 14.4. The summed E-state index contributed by atoms with van der Waals surface area (Å²) in [7, 11) is 0. The minimum atomic E-state index is -0.231. The molecule has 7 heteroatoms. The Kier molecular flexibility index (Phi) is 6.22. The Morgan fingerprint density at radius 1 is 1.12 bits per heavy atom. The summed E-state index contributed by atoms with van der Waals surface area (Å²) in [4.78, 5) is 19.6. The lowest BCUT2D eigenvalue weighted by Crippen LogP contribution is -2.45. The molecule has 0 radical (unpaired) electrons. The van der Waals surface area contributed by atoms with Gasteiger partial charge < -0.3 is 10.2 Å². The van der Waals surface area contributed by atoms with E-state index >= 15 is 0 Å². The third kappa shape index (κ3) is 4.50. The van der Waals surface area contributed by atoms with Gasteiger partial charge in [-0.15, -0.1) is 5.10 Å². The van der Waals surface area contributed by atoms with Gasteiger partial charge in [0, 0.05) is 24.8 Å². The molecule has 0 bridgehead atoms. The minimum absolute atomic E-state index is 0.0901. The molecule has 164 valence electrons. The zero-order valence-electron chi connectivity index (χ0n) is 18.7. The Labute approximate surface area is 188 Å². The molecule has 1 amide bonds. The van der Waals surface area contributed by atoms with Crippen LogP contribution in [-0.2, 0) is 0 Å². The maximum Gasteiger partial charge on any atom is 0.291 e. The number of rotatable bonds is 5. The molecule has 1 aromatic heterocycles. The number of aryl methyl sites for hydroxylation is 1. The summed E-state index contributed by atoms with van der Waals surface area (Å²) in [5, 5.41) is 16.6. The van der Waals surface area contributed by atoms with Gasteiger partial charge in [-0.2, -0.15) is 5.26 Å². The number of hydrogen-bond donors (Lipinski definition) is 1. The molecule has 0 saturated carbocycles.